The van der Waals surface area contributed by atoms with Crippen molar-refractivity contribution in [3.8, 4) is 0 Å². The first-order chi connectivity index (χ1) is 7.19. The van der Waals surface area contributed by atoms with E-state index in [0.29, 0.717) is 18.4 Å². The van der Waals surface area contributed by atoms with Crippen molar-refractivity contribution in [2.24, 2.45) is 10.9 Å². The van der Waals surface area contributed by atoms with E-state index in [1.165, 1.54) is 0 Å². The first-order valence-corrected chi connectivity index (χ1v) is 5.50. The highest BCUT2D eigenvalue weighted by atomic mass is 15.1. The van der Waals surface area contributed by atoms with Crippen LogP contribution in [0.4, 0.5) is 0 Å². The molecule has 0 bridgehead atoms. The summed E-state index contributed by atoms with van der Waals surface area (Å²) < 4.78 is 0. The van der Waals surface area contributed by atoms with Crippen LogP contribution in [0, 0.1) is 11.3 Å². The van der Waals surface area contributed by atoms with E-state index in [9.17, 15) is 0 Å². The molecular formula is C11H20N4. The van der Waals surface area contributed by atoms with Gasteiger partial charge in [0.25, 0.3) is 0 Å². The van der Waals surface area contributed by atoms with Crippen molar-refractivity contribution < 1.29 is 0 Å². The maximum Gasteiger partial charge on any atom is 0.147 e. The van der Waals surface area contributed by atoms with Gasteiger partial charge >= 0.3 is 0 Å². The first-order valence-electron chi connectivity index (χ1n) is 5.50. The number of hydrogen-bond donors (Lipinski definition) is 3. The third kappa shape index (κ3) is 3.08. The first kappa shape index (κ1) is 11.8. The summed E-state index contributed by atoms with van der Waals surface area (Å²) in [6.07, 6.45) is 4.16. The molecular weight excluding hydrogens is 188 g/mol. The molecule has 0 aromatic heterocycles. The fourth-order valence-corrected chi connectivity index (χ4v) is 1.46. The highest BCUT2D eigenvalue weighted by molar-refractivity contribution is 5.98. The lowest BCUT2D eigenvalue weighted by Crippen LogP contribution is -2.39. The third-order valence-corrected chi connectivity index (χ3v) is 2.67. The Labute approximate surface area is 91.4 Å². The van der Waals surface area contributed by atoms with Gasteiger partial charge in [0.2, 0.25) is 0 Å². The average Bonchev–Trinajstić information content (AvgIpc) is 2.23. The van der Waals surface area contributed by atoms with Gasteiger partial charge in [0.15, 0.2) is 0 Å². The predicted molar refractivity (Wildman–Crippen MR) is 64.1 cm³/mol. The van der Waals surface area contributed by atoms with Crippen LogP contribution in [0.25, 0.3) is 0 Å². The van der Waals surface area contributed by atoms with Crippen molar-refractivity contribution in [1.82, 2.24) is 10.6 Å². The van der Waals surface area contributed by atoms with E-state index in [0.717, 1.165) is 24.2 Å². The summed E-state index contributed by atoms with van der Waals surface area (Å²) in [5.74, 6) is 0.925. The van der Waals surface area contributed by atoms with Gasteiger partial charge in [-0.1, -0.05) is 13.8 Å². The molecule has 15 heavy (non-hydrogen) atoms. The van der Waals surface area contributed by atoms with Crippen molar-refractivity contribution in [3.05, 3.63) is 11.4 Å². The molecule has 0 aromatic rings. The Morgan fingerprint density at radius 1 is 1.40 bits per heavy atom. The van der Waals surface area contributed by atoms with Crippen molar-refractivity contribution in [3.63, 3.8) is 0 Å². The van der Waals surface area contributed by atoms with Crippen LogP contribution in [0.1, 0.15) is 33.6 Å². The Hall–Kier alpha value is -1.32. The van der Waals surface area contributed by atoms with Gasteiger partial charge in [-0.2, -0.15) is 0 Å². The molecule has 1 rings (SSSR count). The van der Waals surface area contributed by atoms with Gasteiger partial charge in [-0.15, -0.1) is 0 Å². The van der Waals surface area contributed by atoms with Crippen LogP contribution in [-0.2, 0) is 0 Å². The smallest absolute Gasteiger partial charge is 0.147 e. The Kier molecular flexibility index (Phi) is 4.34. The summed E-state index contributed by atoms with van der Waals surface area (Å²) in [5.41, 5.74) is 1.70. The highest BCUT2D eigenvalue weighted by Gasteiger charge is 2.12. The lowest BCUT2D eigenvalue weighted by molar-refractivity contribution is 0.653. The zero-order chi connectivity index (χ0) is 11.3. The average molecular weight is 208 g/mol. The number of amidine groups is 1. The number of nitrogens with one attached hydrogen (secondary N) is 3. The summed E-state index contributed by atoms with van der Waals surface area (Å²) >= 11 is 0. The van der Waals surface area contributed by atoms with Crippen LogP contribution in [0.15, 0.2) is 16.4 Å². The fourth-order valence-electron chi connectivity index (χ4n) is 1.46. The normalized spacial score (nSPS) is 17.2. The Morgan fingerprint density at radius 2 is 2.07 bits per heavy atom. The third-order valence-electron chi connectivity index (χ3n) is 2.67. The van der Waals surface area contributed by atoms with Crippen molar-refractivity contribution >= 4 is 12.1 Å². The van der Waals surface area contributed by atoms with Crippen molar-refractivity contribution in [1.29, 1.82) is 5.41 Å². The molecule has 1 aliphatic rings. The monoisotopic (exact) mass is 208 g/mol. The summed E-state index contributed by atoms with van der Waals surface area (Å²) in [6, 6.07) is 0. The molecule has 4 nitrogen and oxygen atoms in total. The molecule has 0 saturated carbocycles. The second-order valence-electron chi connectivity index (χ2n) is 3.73. The molecule has 0 amide bonds. The Balaban J connectivity index is 2.74. The van der Waals surface area contributed by atoms with Gasteiger partial charge in [0, 0.05) is 11.9 Å². The van der Waals surface area contributed by atoms with Gasteiger partial charge in [0.1, 0.15) is 11.5 Å². The molecule has 0 atom stereocenters. The summed E-state index contributed by atoms with van der Waals surface area (Å²) in [7, 11) is 0. The molecule has 0 fully saturated rings. The minimum Gasteiger partial charge on any atom is -0.370 e. The zero-order valence-corrected chi connectivity index (χ0v) is 9.72. The zero-order valence-electron chi connectivity index (χ0n) is 9.72. The fraction of sp³-hybridized carbons (Fsp3) is 0.636. The van der Waals surface area contributed by atoms with E-state index in [2.05, 4.69) is 29.5 Å². The van der Waals surface area contributed by atoms with Gasteiger partial charge in [-0.25, -0.2) is 0 Å². The highest BCUT2D eigenvalue weighted by Crippen LogP contribution is 2.09. The standard InChI is InChI=1S/C11H20N4/c1-4-9(5-2)6-13-10-8(3)14-7-15-11(10)12/h6,9,14H,4-5,7H2,1-3H3,(H2,12,15). The SMILES string of the molecule is CCC(C=NC1=C(C)NCNC1=N)CC. The number of nitrogens with zero attached hydrogens (tertiary/aromatic N) is 1. The van der Waals surface area contributed by atoms with Gasteiger partial charge in [-0.05, 0) is 25.7 Å². The number of rotatable bonds is 4. The molecule has 0 aromatic carbocycles. The maximum absolute atomic E-state index is 7.71. The van der Waals surface area contributed by atoms with E-state index in [1.54, 1.807) is 0 Å². The molecule has 0 saturated heterocycles. The summed E-state index contributed by atoms with van der Waals surface area (Å²) in [6.45, 7) is 6.89. The second kappa shape index (κ2) is 5.53. The van der Waals surface area contributed by atoms with E-state index in [1.807, 2.05) is 13.1 Å². The molecule has 4 heteroatoms. The topological polar surface area (TPSA) is 60.3 Å². The minimum atomic E-state index is 0.411. The van der Waals surface area contributed by atoms with E-state index >= 15 is 0 Å². The van der Waals surface area contributed by atoms with E-state index in [4.69, 9.17) is 5.41 Å². The van der Waals surface area contributed by atoms with Crippen LogP contribution in [0.5, 0.6) is 0 Å². The number of hydrogen-bond acceptors (Lipinski definition) is 3. The molecule has 84 valence electrons. The molecule has 0 unspecified atom stereocenters. The summed E-state index contributed by atoms with van der Waals surface area (Å²) in [4.78, 5) is 4.39. The van der Waals surface area contributed by atoms with Crippen molar-refractivity contribution in [2.45, 2.75) is 33.6 Å². The molecule has 0 radical (unpaired) electrons. The quantitative estimate of drug-likeness (QED) is 0.617. The Bertz CT molecular complexity index is 287. The molecule has 1 heterocycles. The summed E-state index contributed by atoms with van der Waals surface area (Å²) in [5, 5.41) is 13.8. The molecule has 0 aliphatic carbocycles. The van der Waals surface area contributed by atoms with Crippen LogP contribution in [0.2, 0.25) is 0 Å². The van der Waals surface area contributed by atoms with Crippen molar-refractivity contribution in [2.75, 3.05) is 6.67 Å². The number of aliphatic imine (C=N–C) groups is 1. The molecule has 1 aliphatic heterocycles. The lowest BCUT2D eigenvalue weighted by atomic mass is 10.1. The van der Waals surface area contributed by atoms with Crippen LogP contribution in [0.3, 0.4) is 0 Å². The van der Waals surface area contributed by atoms with Crippen LogP contribution in [-0.4, -0.2) is 18.7 Å². The van der Waals surface area contributed by atoms with E-state index < -0.39 is 0 Å². The molecule has 0 spiro atoms. The van der Waals surface area contributed by atoms with Crippen LogP contribution >= 0.6 is 0 Å². The maximum atomic E-state index is 7.71. The minimum absolute atomic E-state index is 0.411. The number of allylic oxidation sites excluding steroid dienone is 1. The van der Waals surface area contributed by atoms with Gasteiger partial charge in [0.05, 0.1) is 6.67 Å². The van der Waals surface area contributed by atoms with E-state index in [-0.39, 0.29) is 0 Å². The molecule has 3 N–H and O–H groups in total. The lowest BCUT2D eigenvalue weighted by Gasteiger charge is -2.19. The largest absolute Gasteiger partial charge is 0.370 e. The van der Waals surface area contributed by atoms with Gasteiger partial charge in [-0.3, -0.25) is 10.4 Å². The van der Waals surface area contributed by atoms with Crippen LogP contribution < -0.4 is 10.6 Å². The van der Waals surface area contributed by atoms with Gasteiger partial charge < -0.3 is 10.6 Å². The Morgan fingerprint density at radius 3 is 2.60 bits per heavy atom. The second-order valence-corrected chi connectivity index (χ2v) is 3.73. The predicted octanol–water partition coefficient (Wildman–Crippen LogP) is 1.85.